The molecule has 1 N–H and O–H groups in total. The summed E-state index contributed by atoms with van der Waals surface area (Å²) in [5, 5.41) is 3.22. The molecule has 4 aliphatic rings. The zero-order valence-electron chi connectivity index (χ0n) is 12.9. The molecule has 0 aromatic rings. The van der Waals surface area contributed by atoms with Gasteiger partial charge >= 0.3 is 0 Å². The Bertz CT molecular complexity index is 342. The fourth-order valence-electron chi connectivity index (χ4n) is 5.05. The molecule has 0 saturated heterocycles. The third-order valence-electron chi connectivity index (χ3n) is 5.68. The van der Waals surface area contributed by atoms with Crippen LogP contribution < -0.4 is 5.32 Å². The molecule has 0 radical (unpaired) electrons. The van der Waals surface area contributed by atoms with Crippen molar-refractivity contribution in [1.29, 1.82) is 0 Å². The first-order valence-corrected chi connectivity index (χ1v) is 8.00. The van der Waals surface area contributed by atoms with Crippen molar-refractivity contribution >= 4 is 18.3 Å². The molecule has 0 heterocycles. The highest BCUT2D eigenvalue weighted by molar-refractivity contribution is 5.85. The molecule has 4 bridgehead atoms. The van der Waals surface area contributed by atoms with Crippen molar-refractivity contribution in [3.05, 3.63) is 0 Å². The van der Waals surface area contributed by atoms with Gasteiger partial charge in [-0.1, -0.05) is 12.8 Å². The van der Waals surface area contributed by atoms with Crippen LogP contribution in [-0.4, -0.2) is 38.0 Å². The standard InChI is InChI=1S/C16H28N2O.ClH/c1-18(2)6-5-17-15(19)16-9-12-3-4-13(10-16)8-14(7-12)11-16;/h12-14H,3-11H2,1-2H3,(H,17,19);1H. The maximum atomic E-state index is 12.7. The van der Waals surface area contributed by atoms with E-state index < -0.39 is 0 Å². The van der Waals surface area contributed by atoms with Gasteiger partial charge in [0.2, 0.25) is 5.91 Å². The Kier molecular flexibility index (Phi) is 5.01. The summed E-state index contributed by atoms with van der Waals surface area (Å²) < 4.78 is 0. The van der Waals surface area contributed by atoms with E-state index in [2.05, 4.69) is 24.3 Å². The van der Waals surface area contributed by atoms with E-state index in [4.69, 9.17) is 0 Å². The fraction of sp³-hybridized carbons (Fsp3) is 0.938. The maximum Gasteiger partial charge on any atom is 0.226 e. The van der Waals surface area contributed by atoms with Crippen LogP contribution in [0.15, 0.2) is 0 Å². The van der Waals surface area contributed by atoms with Crippen LogP contribution >= 0.6 is 12.4 Å². The number of hydrogen-bond acceptors (Lipinski definition) is 2. The van der Waals surface area contributed by atoms with Gasteiger partial charge in [0.15, 0.2) is 0 Å². The Morgan fingerprint density at radius 3 is 2.20 bits per heavy atom. The third kappa shape index (κ3) is 3.14. The lowest BCUT2D eigenvalue weighted by atomic mass is 9.58. The minimum absolute atomic E-state index is 0. The summed E-state index contributed by atoms with van der Waals surface area (Å²) in [5.74, 6) is 2.90. The number of halogens is 1. The van der Waals surface area contributed by atoms with Crippen LogP contribution in [0.3, 0.4) is 0 Å². The van der Waals surface area contributed by atoms with Gasteiger partial charge in [-0.25, -0.2) is 0 Å². The zero-order valence-corrected chi connectivity index (χ0v) is 13.7. The Labute approximate surface area is 129 Å². The summed E-state index contributed by atoms with van der Waals surface area (Å²) in [6.07, 6.45) is 9.10. The second kappa shape index (κ2) is 6.23. The molecule has 4 saturated carbocycles. The van der Waals surface area contributed by atoms with Crippen molar-refractivity contribution < 1.29 is 4.79 Å². The smallest absolute Gasteiger partial charge is 0.226 e. The molecule has 3 nitrogen and oxygen atoms in total. The van der Waals surface area contributed by atoms with Crippen LogP contribution in [0.2, 0.25) is 0 Å². The maximum absolute atomic E-state index is 12.7. The Balaban J connectivity index is 0.00000147. The molecule has 4 fully saturated rings. The Morgan fingerprint density at radius 1 is 1.10 bits per heavy atom. The monoisotopic (exact) mass is 300 g/mol. The second-order valence-corrected chi connectivity index (χ2v) is 7.60. The summed E-state index contributed by atoms with van der Waals surface area (Å²) >= 11 is 0. The van der Waals surface area contributed by atoms with E-state index in [9.17, 15) is 4.79 Å². The lowest BCUT2D eigenvalue weighted by molar-refractivity contribution is -0.138. The molecule has 0 aliphatic heterocycles. The van der Waals surface area contributed by atoms with Gasteiger partial charge in [-0.15, -0.1) is 12.4 Å². The Hall–Kier alpha value is -0.280. The van der Waals surface area contributed by atoms with Gasteiger partial charge in [0, 0.05) is 18.5 Å². The van der Waals surface area contributed by atoms with Crippen LogP contribution in [0, 0.1) is 23.2 Å². The molecule has 0 spiro atoms. The number of hydrogen-bond donors (Lipinski definition) is 1. The van der Waals surface area contributed by atoms with Gasteiger partial charge in [-0.3, -0.25) is 4.79 Å². The van der Waals surface area contributed by atoms with Crippen LogP contribution in [0.25, 0.3) is 0 Å². The lowest BCUT2D eigenvalue weighted by Gasteiger charge is -2.47. The molecule has 20 heavy (non-hydrogen) atoms. The highest BCUT2D eigenvalue weighted by Gasteiger charge is 2.52. The molecular weight excluding hydrogens is 272 g/mol. The van der Waals surface area contributed by atoms with E-state index in [1.807, 2.05) is 0 Å². The predicted octanol–water partition coefficient (Wildman–Crippen LogP) is 2.69. The predicted molar refractivity (Wildman–Crippen MR) is 84.0 cm³/mol. The third-order valence-corrected chi connectivity index (χ3v) is 5.68. The minimum atomic E-state index is 0. The zero-order chi connectivity index (χ0) is 13.5. The highest BCUT2D eigenvalue weighted by Crippen LogP contribution is 2.57. The molecule has 2 atom stereocenters. The average molecular weight is 301 g/mol. The minimum Gasteiger partial charge on any atom is -0.354 e. The van der Waals surface area contributed by atoms with Gasteiger partial charge in [-0.2, -0.15) is 0 Å². The number of carbonyl (C=O) groups is 1. The molecule has 1 amide bonds. The van der Waals surface area contributed by atoms with E-state index in [0.717, 1.165) is 30.8 Å². The molecule has 4 rings (SSSR count). The second-order valence-electron chi connectivity index (χ2n) is 7.60. The number of rotatable bonds is 4. The molecule has 0 aromatic heterocycles. The fourth-order valence-corrected chi connectivity index (χ4v) is 5.05. The van der Waals surface area contributed by atoms with Crippen molar-refractivity contribution in [2.75, 3.05) is 27.2 Å². The van der Waals surface area contributed by atoms with Crippen molar-refractivity contribution in [3.8, 4) is 0 Å². The number of carbonyl (C=O) groups excluding carboxylic acids is 1. The summed E-state index contributed by atoms with van der Waals surface area (Å²) in [7, 11) is 4.11. The van der Waals surface area contributed by atoms with Crippen molar-refractivity contribution in [2.45, 2.75) is 44.9 Å². The summed E-state index contributed by atoms with van der Waals surface area (Å²) in [5.41, 5.74) is 0.0132. The highest BCUT2D eigenvalue weighted by atomic mass is 35.5. The summed E-state index contributed by atoms with van der Waals surface area (Å²) in [4.78, 5) is 14.8. The molecule has 116 valence electrons. The lowest BCUT2D eigenvalue weighted by Crippen LogP contribution is -2.49. The van der Waals surface area contributed by atoms with Crippen LogP contribution in [0.5, 0.6) is 0 Å². The average Bonchev–Trinajstić information content (AvgIpc) is 2.55. The summed E-state index contributed by atoms with van der Waals surface area (Å²) in [6.45, 7) is 1.74. The molecule has 4 aliphatic carbocycles. The van der Waals surface area contributed by atoms with Crippen LogP contribution in [0.1, 0.15) is 44.9 Å². The van der Waals surface area contributed by atoms with Crippen LogP contribution in [-0.2, 0) is 4.79 Å². The van der Waals surface area contributed by atoms with Gasteiger partial charge in [0.1, 0.15) is 0 Å². The van der Waals surface area contributed by atoms with E-state index in [1.54, 1.807) is 0 Å². The van der Waals surface area contributed by atoms with Crippen molar-refractivity contribution in [2.24, 2.45) is 23.2 Å². The quantitative estimate of drug-likeness (QED) is 0.866. The topological polar surface area (TPSA) is 32.3 Å². The number of likely N-dealkylation sites (N-methyl/N-ethyl adjacent to an activating group) is 1. The van der Waals surface area contributed by atoms with E-state index in [0.29, 0.717) is 5.91 Å². The van der Waals surface area contributed by atoms with Gasteiger partial charge in [0.25, 0.3) is 0 Å². The van der Waals surface area contributed by atoms with Gasteiger partial charge < -0.3 is 10.2 Å². The number of fused-ring (bicyclic) bond motifs is 1. The van der Waals surface area contributed by atoms with Gasteiger partial charge in [-0.05, 0) is 64.0 Å². The number of nitrogens with zero attached hydrogens (tertiary/aromatic N) is 1. The first-order valence-electron chi connectivity index (χ1n) is 8.00. The molecular formula is C16H29ClN2O. The largest absolute Gasteiger partial charge is 0.354 e. The van der Waals surface area contributed by atoms with Crippen molar-refractivity contribution in [1.82, 2.24) is 10.2 Å². The molecule has 4 heteroatoms. The molecule has 2 unspecified atom stereocenters. The van der Waals surface area contributed by atoms with Gasteiger partial charge in [0.05, 0.1) is 0 Å². The first kappa shape index (κ1) is 16.1. The van der Waals surface area contributed by atoms with Crippen molar-refractivity contribution in [3.63, 3.8) is 0 Å². The normalized spacial score (nSPS) is 38.5. The van der Waals surface area contributed by atoms with E-state index in [-0.39, 0.29) is 17.8 Å². The number of nitrogens with one attached hydrogen (secondary N) is 1. The number of amides is 1. The SMILES string of the molecule is CN(C)CCNC(=O)C12CC3CCC(CC(C3)C1)C2.Cl. The Morgan fingerprint density at radius 2 is 1.65 bits per heavy atom. The van der Waals surface area contributed by atoms with E-state index >= 15 is 0 Å². The van der Waals surface area contributed by atoms with Crippen LogP contribution in [0.4, 0.5) is 0 Å². The first-order chi connectivity index (χ1) is 9.07. The van der Waals surface area contributed by atoms with E-state index in [1.165, 1.54) is 44.9 Å². The molecule has 0 aromatic carbocycles. The summed E-state index contributed by atoms with van der Waals surface area (Å²) in [6, 6.07) is 0.